The highest BCUT2D eigenvalue weighted by Gasteiger charge is 2.10. The summed E-state index contributed by atoms with van der Waals surface area (Å²) >= 11 is 3.40. The number of hydrogen-bond acceptors (Lipinski definition) is 2. The molecule has 0 radical (unpaired) electrons. The first-order chi connectivity index (χ1) is 12.2. The Morgan fingerprint density at radius 1 is 0.920 bits per heavy atom. The normalized spacial score (nSPS) is 10.8. The van der Waals surface area contributed by atoms with Crippen molar-refractivity contribution in [3.8, 4) is 5.69 Å². The van der Waals surface area contributed by atoms with Crippen molar-refractivity contribution in [2.45, 2.75) is 0 Å². The van der Waals surface area contributed by atoms with Crippen molar-refractivity contribution in [3.05, 3.63) is 89.2 Å². The van der Waals surface area contributed by atoms with Gasteiger partial charge in [0.1, 0.15) is 6.33 Å². The number of aromatic nitrogens is 2. The molecule has 0 fully saturated rings. The van der Waals surface area contributed by atoms with Crippen LogP contribution in [-0.2, 0) is 0 Å². The number of benzene rings is 3. The van der Waals surface area contributed by atoms with E-state index in [1.807, 2.05) is 71.3 Å². The fourth-order valence-corrected chi connectivity index (χ4v) is 3.18. The van der Waals surface area contributed by atoms with Crippen molar-refractivity contribution >= 4 is 38.6 Å². The average Bonchev–Trinajstić information content (AvgIpc) is 3.07. The lowest BCUT2D eigenvalue weighted by molar-refractivity contribution is 0.102. The molecule has 0 bridgehead atoms. The van der Waals surface area contributed by atoms with Crippen LogP contribution in [0.2, 0.25) is 0 Å². The monoisotopic (exact) mass is 391 g/mol. The molecule has 0 aliphatic carbocycles. The fourth-order valence-electron chi connectivity index (χ4n) is 2.71. The van der Waals surface area contributed by atoms with E-state index in [0.717, 1.165) is 26.9 Å². The summed E-state index contributed by atoms with van der Waals surface area (Å²) in [5.41, 5.74) is 4.34. The van der Waals surface area contributed by atoms with Gasteiger partial charge in [-0.3, -0.25) is 9.36 Å². The summed E-state index contributed by atoms with van der Waals surface area (Å²) in [6.07, 6.45) is 1.80. The molecule has 5 heteroatoms. The van der Waals surface area contributed by atoms with Gasteiger partial charge in [0.15, 0.2) is 0 Å². The largest absolute Gasteiger partial charge is 0.322 e. The maximum absolute atomic E-state index is 12.4. The van der Waals surface area contributed by atoms with Gasteiger partial charge in [0.05, 0.1) is 16.6 Å². The second kappa shape index (κ2) is 6.53. The van der Waals surface area contributed by atoms with Gasteiger partial charge in [-0.25, -0.2) is 4.98 Å². The predicted octanol–water partition coefficient (Wildman–Crippen LogP) is 5.04. The maximum atomic E-state index is 12.4. The molecule has 1 heterocycles. The van der Waals surface area contributed by atoms with Crippen LogP contribution < -0.4 is 5.32 Å². The third-order valence-corrected chi connectivity index (χ3v) is 4.67. The minimum atomic E-state index is -0.145. The molecule has 4 aromatic rings. The minimum Gasteiger partial charge on any atom is -0.322 e. The van der Waals surface area contributed by atoms with Crippen LogP contribution in [0.25, 0.3) is 16.7 Å². The average molecular weight is 392 g/mol. The zero-order valence-corrected chi connectivity index (χ0v) is 14.8. The number of fused-ring (bicyclic) bond motifs is 1. The van der Waals surface area contributed by atoms with Crippen LogP contribution in [0.15, 0.2) is 83.6 Å². The number of carbonyl (C=O) groups excluding carboxylic acids is 1. The van der Waals surface area contributed by atoms with E-state index in [-0.39, 0.29) is 5.91 Å². The van der Waals surface area contributed by atoms with E-state index >= 15 is 0 Å². The maximum Gasteiger partial charge on any atom is 0.256 e. The molecule has 3 aromatic carbocycles. The van der Waals surface area contributed by atoms with Crippen molar-refractivity contribution in [1.29, 1.82) is 0 Å². The first-order valence-electron chi connectivity index (χ1n) is 7.81. The van der Waals surface area contributed by atoms with Crippen molar-refractivity contribution in [2.24, 2.45) is 0 Å². The molecule has 4 rings (SSSR count). The first-order valence-corrected chi connectivity index (χ1v) is 8.60. The van der Waals surface area contributed by atoms with Gasteiger partial charge in [0, 0.05) is 15.8 Å². The van der Waals surface area contributed by atoms with Crippen molar-refractivity contribution in [3.63, 3.8) is 0 Å². The van der Waals surface area contributed by atoms with E-state index < -0.39 is 0 Å². The van der Waals surface area contributed by atoms with Gasteiger partial charge in [-0.2, -0.15) is 0 Å². The standard InChI is InChI=1S/C20H14BrN3O/c21-17-6-2-1-5-16(17)20(25)23-14-9-11-15(12-10-14)24-13-22-18-7-3-4-8-19(18)24/h1-13H,(H,23,25). The molecule has 0 aliphatic heterocycles. The summed E-state index contributed by atoms with van der Waals surface area (Å²) in [4.78, 5) is 16.8. The number of anilines is 1. The number of rotatable bonds is 3. The Balaban J connectivity index is 1.58. The Bertz CT molecular complexity index is 1050. The molecule has 0 saturated carbocycles. The number of carbonyl (C=O) groups is 1. The van der Waals surface area contributed by atoms with E-state index in [9.17, 15) is 4.79 Å². The molecule has 0 aliphatic rings. The van der Waals surface area contributed by atoms with Gasteiger partial charge in [-0.05, 0) is 64.5 Å². The second-order valence-corrected chi connectivity index (χ2v) is 6.44. The number of para-hydroxylation sites is 2. The van der Waals surface area contributed by atoms with Gasteiger partial charge < -0.3 is 5.32 Å². The Hall–Kier alpha value is -2.92. The molecule has 1 aromatic heterocycles. The lowest BCUT2D eigenvalue weighted by Crippen LogP contribution is -2.12. The van der Waals surface area contributed by atoms with E-state index in [0.29, 0.717) is 5.56 Å². The summed E-state index contributed by atoms with van der Waals surface area (Å²) in [5, 5.41) is 2.91. The van der Waals surface area contributed by atoms with Gasteiger partial charge in [-0.15, -0.1) is 0 Å². The lowest BCUT2D eigenvalue weighted by Gasteiger charge is -2.09. The summed E-state index contributed by atoms with van der Waals surface area (Å²) in [6.45, 7) is 0. The van der Waals surface area contributed by atoms with Crippen molar-refractivity contribution < 1.29 is 4.79 Å². The summed E-state index contributed by atoms with van der Waals surface area (Å²) in [6, 6.07) is 23.0. The molecule has 0 saturated heterocycles. The Morgan fingerprint density at radius 3 is 2.44 bits per heavy atom. The third-order valence-electron chi connectivity index (χ3n) is 3.98. The smallest absolute Gasteiger partial charge is 0.256 e. The number of nitrogens with one attached hydrogen (secondary N) is 1. The van der Waals surface area contributed by atoms with E-state index in [4.69, 9.17) is 0 Å². The zero-order chi connectivity index (χ0) is 17.2. The van der Waals surface area contributed by atoms with Gasteiger partial charge >= 0.3 is 0 Å². The van der Waals surface area contributed by atoms with Crippen LogP contribution in [0.5, 0.6) is 0 Å². The minimum absolute atomic E-state index is 0.145. The Labute approximate surface area is 153 Å². The Kier molecular flexibility index (Phi) is 4.07. The van der Waals surface area contributed by atoms with Crippen LogP contribution in [0.3, 0.4) is 0 Å². The van der Waals surface area contributed by atoms with Gasteiger partial charge in [-0.1, -0.05) is 24.3 Å². The lowest BCUT2D eigenvalue weighted by atomic mass is 10.2. The number of hydrogen-bond donors (Lipinski definition) is 1. The SMILES string of the molecule is O=C(Nc1ccc(-n2cnc3ccccc32)cc1)c1ccccc1Br. The van der Waals surface area contributed by atoms with Crippen LogP contribution in [0, 0.1) is 0 Å². The molecule has 4 nitrogen and oxygen atoms in total. The van der Waals surface area contributed by atoms with Crippen LogP contribution in [0.1, 0.15) is 10.4 Å². The number of amides is 1. The molecule has 0 spiro atoms. The van der Waals surface area contributed by atoms with Crippen LogP contribution in [0.4, 0.5) is 5.69 Å². The molecule has 1 N–H and O–H groups in total. The van der Waals surface area contributed by atoms with E-state index in [1.54, 1.807) is 12.4 Å². The Morgan fingerprint density at radius 2 is 1.64 bits per heavy atom. The van der Waals surface area contributed by atoms with Crippen LogP contribution in [-0.4, -0.2) is 15.5 Å². The number of halogens is 1. The molecule has 25 heavy (non-hydrogen) atoms. The molecule has 0 unspecified atom stereocenters. The highest BCUT2D eigenvalue weighted by atomic mass is 79.9. The number of imidazole rings is 1. The summed E-state index contributed by atoms with van der Waals surface area (Å²) in [7, 11) is 0. The summed E-state index contributed by atoms with van der Waals surface area (Å²) in [5.74, 6) is -0.145. The highest BCUT2D eigenvalue weighted by Crippen LogP contribution is 2.21. The first kappa shape index (κ1) is 15.6. The highest BCUT2D eigenvalue weighted by molar-refractivity contribution is 9.10. The van der Waals surface area contributed by atoms with E-state index in [2.05, 4.69) is 26.2 Å². The summed E-state index contributed by atoms with van der Waals surface area (Å²) < 4.78 is 2.79. The van der Waals surface area contributed by atoms with Crippen molar-refractivity contribution in [1.82, 2.24) is 9.55 Å². The topological polar surface area (TPSA) is 46.9 Å². The molecule has 122 valence electrons. The number of nitrogens with zero attached hydrogens (tertiary/aromatic N) is 2. The fraction of sp³-hybridized carbons (Fsp3) is 0. The van der Waals surface area contributed by atoms with Crippen molar-refractivity contribution in [2.75, 3.05) is 5.32 Å². The molecule has 0 atom stereocenters. The molecular weight excluding hydrogens is 378 g/mol. The van der Waals surface area contributed by atoms with Gasteiger partial charge in [0.2, 0.25) is 0 Å². The molecule has 1 amide bonds. The van der Waals surface area contributed by atoms with Crippen LogP contribution >= 0.6 is 15.9 Å². The zero-order valence-electron chi connectivity index (χ0n) is 13.2. The van der Waals surface area contributed by atoms with Gasteiger partial charge in [0.25, 0.3) is 5.91 Å². The molecular formula is C20H14BrN3O. The van der Waals surface area contributed by atoms with E-state index in [1.165, 1.54) is 0 Å². The predicted molar refractivity (Wildman–Crippen MR) is 103 cm³/mol. The third kappa shape index (κ3) is 3.06. The second-order valence-electron chi connectivity index (χ2n) is 5.58. The quantitative estimate of drug-likeness (QED) is 0.531.